The molecule has 3 aromatic carbocycles. The monoisotopic (exact) mass is 447 g/mol. The van der Waals surface area contributed by atoms with Gasteiger partial charge in [0.05, 0.1) is 17.8 Å². The molecule has 34 heavy (non-hydrogen) atoms. The summed E-state index contributed by atoms with van der Waals surface area (Å²) < 4.78 is 7.40. The normalized spacial score (nSPS) is 11.2. The van der Waals surface area contributed by atoms with Crippen molar-refractivity contribution >= 4 is 21.8 Å². The van der Waals surface area contributed by atoms with Crippen LogP contribution in [0.2, 0.25) is 0 Å². The maximum absolute atomic E-state index is 13.3. The summed E-state index contributed by atoms with van der Waals surface area (Å²) in [5, 5.41) is 1.93. The Bertz CT molecular complexity index is 1580. The summed E-state index contributed by atoms with van der Waals surface area (Å²) in [6.07, 6.45) is 7.29. The molecule has 5 rings (SSSR count). The van der Waals surface area contributed by atoms with E-state index in [1.165, 1.54) is 5.56 Å². The third-order valence-corrected chi connectivity index (χ3v) is 6.14. The lowest BCUT2D eigenvalue weighted by Crippen LogP contribution is -2.24. The predicted octanol–water partition coefficient (Wildman–Crippen LogP) is 5.73. The molecule has 2 heterocycles. The van der Waals surface area contributed by atoms with Gasteiger partial charge in [-0.05, 0) is 47.4 Å². The third-order valence-electron chi connectivity index (χ3n) is 6.14. The summed E-state index contributed by atoms with van der Waals surface area (Å²) in [7, 11) is 0. The molecule has 0 aliphatic rings. The Balaban J connectivity index is 1.69. The van der Waals surface area contributed by atoms with E-state index in [1.54, 1.807) is 4.57 Å². The highest BCUT2D eigenvalue weighted by Gasteiger charge is 2.15. The minimum absolute atomic E-state index is 0.173. The first-order valence-corrected chi connectivity index (χ1v) is 11.3. The van der Waals surface area contributed by atoms with Crippen LogP contribution in [0.15, 0.2) is 77.7 Å². The summed E-state index contributed by atoms with van der Waals surface area (Å²) in [4.78, 5) is 21.1. The first-order valence-electron chi connectivity index (χ1n) is 11.3. The van der Waals surface area contributed by atoms with Crippen LogP contribution in [0.3, 0.4) is 0 Å². The Kier molecular flexibility index (Phi) is 5.65. The number of rotatable bonds is 6. The van der Waals surface area contributed by atoms with Crippen molar-refractivity contribution in [2.75, 3.05) is 6.61 Å². The van der Waals surface area contributed by atoms with Crippen molar-refractivity contribution in [2.24, 2.45) is 0 Å². The maximum Gasteiger partial charge on any atom is 0.348 e. The molecule has 0 amide bonds. The van der Waals surface area contributed by atoms with Gasteiger partial charge in [-0.1, -0.05) is 56.2 Å². The van der Waals surface area contributed by atoms with Gasteiger partial charge in [-0.2, -0.15) is 4.98 Å². The number of aromatic nitrogens is 3. The number of hydrogen-bond donors (Lipinski definition) is 1. The first-order chi connectivity index (χ1) is 16.5. The standard InChI is InChI=1S/C29H25N3O2/c1-4-16-34-23-12-13-27-25(17-23)28(21-10-8-20(9-11-21)19(2)3)31-29(33)32(27)18-22-6-5-7-26-24(22)14-15-30-26/h1,5-15,17,19,30H,16,18H2,2-3H3. The van der Waals surface area contributed by atoms with E-state index in [2.05, 4.69) is 41.9 Å². The zero-order valence-corrected chi connectivity index (χ0v) is 19.2. The van der Waals surface area contributed by atoms with Crippen LogP contribution in [0.4, 0.5) is 0 Å². The van der Waals surface area contributed by atoms with Gasteiger partial charge in [0, 0.05) is 28.0 Å². The van der Waals surface area contributed by atoms with Crippen LogP contribution in [-0.4, -0.2) is 21.1 Å². The fraction of sp³-hybridized carbons (Fsp3) is 0.172. The Morgan fingerprint density at radius 1 is 1.06 bits per heavy atom. The third kappa shape index (κ3) is 3.95. The van der Waals surface area contributed by atoms with Crippen LogP contribution in [0.25, 0.3) is 33.1 Å². The molecule has 2 aromatic heterocycles. The Morgan fingerprint density at radius 2 is 1.88 bits per heavy atom. The molecule has 0 aliphatic carbocycles. The average molecular weight is 448 g/mol. The van der Waals surface area contributed by atoms with Crippen molar-refractivity contribution in [3.8, 4) is 29.4 Å². The molecule has 0 saturated carbocycles. The quantitative estimate of drug-likeness (QED) is 0.338. The summed E-state index contributed by atoms with van der Waals surface area (Å²) in [6.45, 7) is 4.90. The van der Waals surface area contributed by atoms with Gasteiger partial charge >= 0.3 is 5.69 Å². The van der Waals surface area contributed by atoms with E-state index in [9.17, 15) is 4.79 Å². The number of benzene rings is 3. The highest BCUT2D eigenvalue weighted by Crippen LogP contribution is 2.30. The first kappa shape index (κ1) is 21.5. The second-order valence-corrected chi connectivity index (χ2v) is 8.63. The van der Waals surface area contributed by atoms with Crippen LogP contribution in [0.5, 0.6) is 5.75 Å². The van der Waals surface area contributed by atoms with E-state index in [-0.39, 0.29) is 12.3 Å². The molecule has 0 fully saturated rings. The van der Waals surface area contributed by atoms with Crippen LogP contribution < -0.4 is 10.4 Å². The maximum atomic E-state index is 13.3. The zero-order chi connectivity index (χ0) is 23.7. The van der Waals surface area contributed by atoms with Gasteiger partial charge in [0.15, 0.2) is 0 Å². The lowest BCUT2D eigenvalue weighted by atomic mass is 9.99. The molecule has 0 radical (unpaired) electrons. The minimum atomic E-state index is -0.291. The lowest BCUT2D eigenvalue weighted by Gasteiger charge is -2.15. The van der Waals surface area contributed by atoms with Crippen LogP contribution in [-0.2, 0) is 6.54 Å². The molecular formula is C29H25N3O2. The molecule has 0 unspecified atom stereocenters. The van der Waals surface area contributed by atoms with Crippen molar-refractivity contribution in [1.82, 2.24) is 14.5 Å². The largest absolute Gasteiger partial charge is 0.481 e. The van der Waals surface area contributed by atoms with Crippen molar-refractivity contribution < 1.29 is 4.74 Å². The fourth-order valence-electron chi connectivity index (χ4n) is 4.33. The summed E-state index contributed by atoms with van der Waals surface area (Å²) in [5.41, 5.74) is 5.35. The fourth-order valence-corrected chi connectivity index (χ4v) is 4.33. The number of aromatic amines is 1. The van der Waals surface area contributed by atoms with Crippen LogP contribution in [0, 0.1) is 12.3 Å². The van der Waals surface area contributed by atoms with Gasteiger partial charge in [0.2, 0.25) is 0 Å². The number of H-pyrrole nitrogens is 1. The van der Waals surface area contributed by atoms with Gasteiger partial charge < -0.3 is 9.72 Å². The highest BCUT2D eigenvalue weighted by molar-refractivity contribution is 5.93. The molecule has 1 N–H and O–H groups in total. The molecule has 5 heteroatoms. The number of terminal acetylenes is 1. The molecule has 0 spiro atoms. The number of nitrogens with one attached hydrogen (secondary N) is 1. The number of nitrogens with zero attached hydrogens (tertiary/aromatic N) is 2. The zero-order valence-electron chi connectivity index (χ0n) is 19.2. The van der Waals surface area contributed by atoms with Gasteiger partial charge in [-0.25, -0.2) is 4.79 Å². The van der Waals surface area contributed by atoms with Crippen molar-refractivity contribution in [2.45, 2.75) is 26.3 Å². The van der Waals surface area contributed by atoms with E-state index in [0.29, 0.717) is 23.9 Å². The highest BCUT2D eigenvalue weighted by atomic mass is 16.5. The van der Waals surface area contributed by atoms with Crippen molar-refractivity contribution in [3.63, 3.8) is 0 Å². The minimum Gasteiger partial charge on any atom is -0.481 e. The second kappa shape index (κ2) is 8.92. The molecule has 0 aliphatic heterocycles. The number of ether oxygens (including phenoxy) is 1. The second-order valence-electron chi connectivity index (χ2n) is 8.63. The Labute approximate surface area is 198 Å². The molecule has 168 valence electrons. The van der Waals surface area contributed by atoms with E-state index in [1.807, 2.05) is 60.8 Å². The summed E-state index contributed by atoms with van der Waals surface area (Å²) >= 11 is 0. The molecular weight excluding hydrogens is 422 g/mol. The van der Waals surface area contributed by atoms with E-state index in [4.69, 9.17) is 11.2 Å². The number of hydrogen-bond acceptors (Lipinski definition) is 3. The molecule has 5 aromatic rings. The lowest BCUT2D eigenvalue weighted by molar-refractivity contribution is 0.371. The predicted molar refractivity (Wildman–Crippen MR) is 137 cm³/mol. The van der Waals surface area contributed by atoms with Crippen molar-refractivity contribution in [1.29, 1.82) is 0 Å². The topological polar surface area (TPSA) is 59.9 Å². The van der Waals surface area contributed by atoms with Crippen molar-refractivity contribution in [3.05, 3.63) is 94.5 Å². The van der Waals surface area contributed by atoms with Crippen LogP contribution in [0.1, 0.15) is 30.9 Å². The number of fused-ring (bicyclic) bond motifs is 2. The van der Waals surface area contributed by atoms with E-state index < -0.39 is 0 Å². The van der Waals surface area contributed by atoms with E-state index >= 15 is 0 Å². The van der Waals surface area contributed by atoms with Gasteiger partial charge in [0.25, 0.3) is 0 Å². The smallest absolute Gasteiger partial charge is 0.348 e. The Hall–Kier alpha value is -4.30. The van der Waals surface area contributed by atoms with Gasteiger partial charge in [-0.3, -0.25) is 4.57 Å². The van der Waals surface area contributed by atoms with E-state index in [0.717, 1.165) is 32.9 Å². The molecule has 0 bridgehead atoms. The van der Waals surface area contributed by atoms with Crippen LogP contribution >= 0.6 is 0 Å². The molecule has 0 atom stereocenters. The molecule has 0 saturated heterocycles. The molecule has 5 nitrogen and oxygen atoms in total. The Morgan fingerprint density at radius 3 is 2.65 bits per heavy atom. The average Bonchev–Trinajstić information content (AvgIpc) is 3.34. The SMILES string of the molecule is C#CCOc1ccc2c(c1)c(-c1ccc(C(C)C)cc1)nc(=O)n2Cc1cccc2[nH]ccc12. The van der Waals surface area contributed by atoms with Gasteiger partial charge in [0.1, 0.15) is 12.4 Å². The summed E-state index contributed by atoms with van der Waals surface area (Å²) in [5.74, 6) is 3.57. The van der Waals surface area contributed by atoms with Gasteiger partial charge in [-0.15, -0.1) is 6.42 Å². The summed E-state index contributed by atoms with van der Waals surface area (Å²) in [6, 6.07) is 22.0.